The first kappa shape index (κ1) is 15.8. The minimum Gasteiger partial charge on any atom is -0.391 e. The minimum atomic E-state index is -0.826. The van der Waals surface area contributed by atoms with E-state index in [9.17, 15) is 9.59 Å². The molecular weight excluding hydrogens is 200 g/mol. The topological polar surface area (TPSA) is 127 Å². The molecule has 0 heterocycles. The first-order chi connectivity index (χ1) is 6.73. The van der Waals surface area contributed by atoms with Crippen LogP contribution in [0.4, 0.5) is 0 Å². The standard InChI is InChI=1S/C5H9NO2.C4H7NO2/c1-3(4(2)7)5(6)8;1-3(2-6)4(5)7/h4,7H,1H2,2H3,(H2,6,8);6H,1-2H2,(H2,5,7). The minimum absolute atomic E-state index is 0.0417. The molecule has 1 unspecified atom stereocenters. The normalized spacial score (nSPS) is 10.6. The summed E-state index contributed by atoms with van der Waals surface area (Å²) < 4.78 is 0. The van der Waals surface area contributed by atoms with Crippen LogP contribution in [0.5, 0.6) is 0 Å². The zero-order valence-electron chi connectivity index (χ0n) is 8.56. The van der Waals surface area contributed by atoms with Gasteiger partial charge in [-0.25, -0.2) is 0 Å². The summed E-state index contributed by atoms with van der Waals surface area (Å²) in [5.74, 6) is -1.30. The second-order valence-corrected chi connectivity index (χ2v) is 2.69. The fraction of sp³-hybridized carbons (Fsp3) is 0.333. The molecule has 0 fully saturated rings. The Bertz CT molecular complexity index is 271. The Morgan fingerprint density at radius 3 is 1.67 bits per heavy atom. The van der Waals surface area contributed by atoms with Crippen molar-refractivity contribution in [2.45, 2.75) is 13.0 Å². The smallest absolute Gasteiger partial charge is 0.246 e. The van der Waals surface area contributed by atoms with Gasteiger partial charge in [-0.3, -0.25) is 9.59 Å². The van der Waals surface area contributed by atoms with Crippen LogP contribution < -0.4 is 11.5 Å². The van der Waals surface area contributed by atoms with Crippen LogP contribution in [-0.4, -0.2) is 34.7 Å². The largest absolute Gasteiger partial charge is 0.391 e. The third-order valence-electron chi connectivity index (χ3n) is 1.36. The van der Waals surface area contributed by atoms with Crippen LogP contribution in [-0.2, 0) is 9.59 Å². The van der Waals surface area contributed by atoms with Gasteiger partial charge in [0.1, 0.15) is 0 Å². The fourth-order valence-corrected chi connectivity index (χ4v) is 0.284. The number of carbonyl (C=O) groups is 2. The summed E-state index contributed by atoms with van der Waals surface area (Å²) in [6, 6.07) is 0. The Kier molecular flexibility index (Phi) is 8.13. The highest BCUT2D eigenvalue weighted by molar-refractivity contribution is 5.92. The van der Waals surface area contributed by atoms with Crippen LogP contribution in [0.2, 0.25) is 0 Å². The number of aliphatic hydroxyl groups is 2. The molecule has 0 saturated carbocycles. The Labute approximate surface area is 87.9 Å². The SMILES string of the molecule is C=C(C(N)=O)C(C)O.C=C(CO)C(N)=O. The molecule has 0 aliphatic carbocycles. The maximum atomic E-state index is 10.1. The van der Waals surface area contributed by atoms with E-state index in [4.69, 9.17) is 15.9 Å². The molecule has 0 aromatic heterocycles. The third kappa shape index (κ3) is 8.66. The van der Waals surface area contributed by atoms with Crippen molar-refractivity contribution in [1.82, 2.24) is 0 Å². The van der Waals surface area contributed by atoms with Crippen molar-refractivity contribution in [3.05, 3.63) is 24.3 Å². The molecular formula is C9H16N2O4. The van der Waals surface area contributed by atoms with Crippen molar-refractivity contribution in [2.75, 3.05) is 6.61 Å². The quantitative estimate of drug-likeness (QED) is 0.423. The van der Waals surface area contributed by atoms with Crippen molar-refractivity contribution < 1.29 is 19.8 Å². The molecule has 0 radical (unpaired) electrons. The van der Waals surface area contributed by atoms with Gasteiger partial charge in [0, 0.05) is 11.1 Å². The molecule has 0 saturated heterocycles. The molecule has 6 heteroatoms. The van der Waals surface area contributed by atoms with E-state index in [-0.39, 0.29) is 17.8 Å². The molecule has 6 nitrogen and oxygen atoms in total. The summed E-state index contributed by atoms with van der Waals surface area (Å²) in [6.45, 7) is 7.46. The van der Waals surface area contributed by atoms with Crippen molar-refractivity contribution >= 4 is 11.8 Å². The van der Waals surface area contributed by atoms with E-state index in [0.717, 1.165) is 0 Å². The van der Waals surface area contributed by atoms with Crippen molar-refractivity contribution in [3.63, 3.8) is 0 Å². The van der Waals surface area contributed by atoms with Crippen LogP contribution >= 0.6 is 0 Å². The Hall–Kier alpha value is -1.66. The average molecular weight is 216 g/mol. The molecule has 15 heavy (non-hydrogen) atoms. The van der Waals surface area contributed by atoms with Crippen molar-refractivity contribution in [1.29, 1.82) is 0 Å². The van der Waals surface area contributed by atoms with Gasteiger partial charge in [0.15, 0.2) is 0 Å². The summed E-state index contributed by atoms with van der Waals surface area (Å²) in [7, 11) is 0. The van der Waals surface area contributed by atoms with E-state index in [1.165, 1.54) is 6.92 Å². The van der Waals surface area contributed by atoms with E-state index in [1.807, 2.05) is 0 Å². The molecule has 6 N–H and O–H groups in total. The maximum absolute atomic E-state index is 10.1. The van der Waals surface area contributed by atoms with Gasteiger partial charge in [-0.1, -0.05) is 13.2 Å². The molecule has 0 aliphatic heterocycles. The first-order valence-corrected chi connectivity index (χ1v) is 3.99. The lowest BCUT2D eigenvalue weighted by molar-refractivity contribution is -0.116. The number of carbonyl (C=O) groups excluding carboxylic acids is 2. The number of amides is 2. The fourth-order valence-electron chi connectivity index (χ4n) is 0.284. The second-order valence-electron chi connectivity index (χ2n) is 2.69. The molecule has 1 atom stereocenters. The van der Waals surface area contributed by atoms with E-state index < -0.39 is 17.9 Å². The van der Waals surface area contributed by atoms with Crippen molar-refractivity contribution in [3.8, 4) is 0 Å². The molecule has 2 amide bonds. The zero-order valence-corrected chi connectivity index (χ0v) is 8.56. The number of nitrogens with two attached hydrogens (primary N) is 2. The van der Waals surface area contributed by atoms with E-state index >= 15 is 0 Å². The Balaban J connectivity index is 0. The number of hydrogen-bond acceptors (Lipinski definition) is 4. The van der Waals surface area contributed by atoms with Crippen LogP contribution in [0, 0.1) is 0 Å². The van der Waals surface area contributed by atoms with Crippen LogP contribution in [0.1, 0.15) is 6.92 Å². The lowest BCUT2D eigenvalue weighted by Gasteiger charge is -2.00. The van der Waals surface area contributed by atoms with E-state index in [1.54, 1.807) is 0 Å². The number of rotatable bonds is 4. The molecule has 0 aromatic rings. The Morgan fingerprint density at radius 1 is 1.27 bits per heavy atom. The number of primary amides is 2. The lowest BCUT2D eigenvalue weighted by Crippen LogP contribution is -2.20. The third-order valence-corrected chi connectivity index (χ3v) is 1.36. The Morgan fingerprint density at radius 2 is 1.67 bits per heavy atom. The summed E-state index contributed by atoms with van der Waals surface area (Å²) in [4.78, 5) is 20.0. The lowest BCUT2D eigenvalue weighted by atomic mass is 10.2. The molecule has 86 valence electrons. The van der Waals surface area contributed by atoms with E-state index in [2.05, 4.69) is 18.9 Å². The molecule has 0 rings (SSSR count). The summed E-state index contributed by atoms with van der Waals surface area (Å²) in [5.41, 5.74) is 9.47. The van der Waals surface area contributed by atoms with Crippen LogP contribution in [0.25, 0.3) is 0 Å². The zero-order chi connectivity index (χ0) is 12.6. The monoisotopic (exact) mass is 216 g/mol. The van der Waals surface area contributed by atoms with Gasteiger partial charge in [0.05, 0.1) is 12.7 Å². The highest BCUT2D eigenvalue weighted by Gasteiger charge is 2.05. The molecule has 0 bridgehead atoms. The van der Waals surface area contributed by atoms with Crippen LogP contribution in [0.15, 0.2) is 24.3 Å². The van der Waals surface area contributed by atoms with E-state index in [0.29, 0.717) is 0 Å². The van der Waals surface area contributed by atoms with Gasteiger partial charge in [-0.15, -0.1) is 0 Å². The van der Waals surface area contributed by atoms with Gasteiger partial charge in [0.2, 0.25) is 11.8 Å². The summed E-state index contributed by atoms with van der Waals surface area (Å²) in [5, 5.41) is 16.7. The summed E-state index contributed by atoms with van der Waals surface area (Å²) in [6.07, 6.45) is -0.826. The first-order valence-electron chi connectivity index (χ1n) is 3.99. The number of hydrogen-bond donors (Lipinski definition) is 4. The van der Waals surface area contributed by atoms with Crippen LogP contribution in [0.3, 0.4) is 0 Å². The number of aliphatic hydroxyl groups excluding tert-OH is 2. The van der Waals surface area contributed by atoms with Gasteiger partial charge in [-0.05, 0) is 6.92 Å². The predicted molar refractivity (Wildman–Crippen MR) is 55.4 cm³/mol. The maximum Gasteiger partial charge on any atom is 0.246 e. The van der Waals surface area contributed by atoms with Gasteiger partial charge >= 0.3 is 0 Å². The van der Waals surface area contributed by atoms with Gasteiger partial charge in [-0.2, -0.15) is 0 Å². The van der Waals surface area contributed by atoms with Gasteiger partial charge in [0.25, 0.3) is 0 Å². The highest BCUT2D eigenvalue weighted by atomic mass is 16.3. The second kappa shape index (κ2) is 7.72. The summed E-state index contributed by atoms with van der Waals surface area (Å²) >= 11 is 0. The molecule has 0 aromatic carbocycles. The molecule has 0 spiro atoms. The highest BCUT2D eigenvalue weighted by Crippen LogP contribution is 1.94. The molecule has 0 aliphatic rings. The van der Waals surface area contributed by atoms with Crippen molar-refractivity contribution in [2.24, 2.45) is 11.5 Å². The van der Waals surface area contributed by atoms with Gasteiger partial charge < -0.3 is 21.7 Å². The average Bonchev–Trinajstić information content (AvgIpc) is 2.15. The predicted octanol–water partition coefficient (Wildman–Crippen LogP) is -1.57.